The van der Waals surface area contributed by atoms with Crippen molar-refractivity contribution in [3.8, 4) is 35.4 Å². The van der Waals surface area contributed by atoms with Gasteiger partial charge in [0.05, 0.1) is 43.5 Å². The second-order valence-corrected chi connectivity index (χ2v) is 12.8. The van der Waals surface area contributed by atoms with Crippen LogP contribution < -0.4 is 20.1 Å². The van der Waals surface area contributed by atoms with Crippen molar-refractivity contribution in [2.45, 2.75) is 13.8 Å². The molecule has 0 aliphatic heterocycles. The summed E-state index contributed by atoms with van der Waals surface area (Å²) in [7, 11) is 4.89. The molecule has 302 valence electrons. The van der Waals surface area contributed by atoms with Gasteiger partial charge in [0.15, 0.2) is 45.8 Å². The Bertz CT molecular complexity index is 3050. The highest BCUT2D eigenvalue weighted by molar-refractivity contribution is 5.90. The summed E-state index contributed by atoms with van der Waals surface area (Å²) in [5, 5.41) is 48.5. The topological polar surface area (TPSA) is 292 Å². The summed E-state index contributed by atoms with van der Waals surface area (Å²) in [6, 6.07) is 16.5. The van der Waals surface area contributed by atoms with Crippen LogP contribution in [-0.2, 0) is 18.8 Å². The zero-order valence-corrected chi connectivity index (χ0v) is 32.7. The number of nitriles is 2. The van der Waals surface area contributed by atoms with Gasteiger partial charge in [-0.15, -0.1) is 20.4 Å². The number of carbonyl (C=O) groups excluding carboxylic acids is 1. The molecule has 0 saturated carbocycles. The Hall–Kier alpha value is -9.18. The van der Waals surface area contributed by atoms with Crippen LogP contribution in [0.15, 0.2) is 73.6 Å². The lowest BCUT2D eigenvalue weighted by Gasteiger charge is -2.11. The standard InChI is InChI=1S/C20H16N8O3.C19H14N8O3/c1-11-6-12(8-21)22-9-15(11)31-17-7-14(18-19(25-17)28(2)10-23-18)24-16-5-4-13(26-27-16)20(29)30-3;1-10-5-11(7-20)21-8-14(10)30-16-6-13(17-18(24-16)27(2)9-22-17)23-15-4-3-12(19(28)29)25-26-15/h4-7,9-10H,1-3H3,(H,24,25,27);3-6,8-9H,1-2H3,(H,28,29)(H,23,24,26). The fourth-order valence-electron chi connectivity index (χ4n) is 5.49. The molecule has 61 heavy (non-hydrogen) atoms. The molecular formula is C39H30N16O6. The van der Waals surface area contributed by atoms with E-state index in [0.29, 0.717) is 74.1 Å². The van der Waals surface area contributed by atoms with E-state index >= 15 is 0 Å². The van der Waals surface area contributed by atoms with Crippen molar-refractivity contribution in [1.29, 1.82) is 10.5 Å². The van der Waals surface area contributed by atoms with Gasteiger partial charge in [0.25, 0.3) is 0 Å². The predicted molar refractivity (Wildman–Crippen MR) is 213 cm³/mol. The van der Waals surface area contributed by atoms with Gasteiger partial charge in [-0.1, -0.05) is 0 Å². The Morgan fingerprint density at radius 3 is 1.51 bits per heavy atom. The number of ether oxygens (including phenoxy) is 3. The molecule has 0 fully saturated rings. The van der Waals surface area contributed by atoms with Gasteiger partial charge >= 0.3 is 11.9 Å². The lowest BCUT2D eigenvalue weighted by molar-refractivity contribution is 0.0591. The number of carbonyl (C=O) groups is 2. The largest absolute Gasteiger partial charge is 0.476 e. The van der Waals surface area contributed by atoms with E-state index < -0.39 is 11.9 Å². The van der Waals surface area contributed by atoms with Crippen LogP contribution in [0.3, 0.4) is 0 Å². The van der Waals surface area contributed by atoms with E-state index in [4.69, 9.17) is 25.1 Å². The minimum absolute atomic E-state index is 0.0959. The lowest BCUT2D eigenvalue weighted by Crippen LogP contribution is -2.06. The quantitative estimate of drug-likeness (QED) is 0.149. The third kappa shape index (κ3) is 8.88. The van der Waals surface area contributed by atoms with E-state index in [1.807, 2.05) is 26.1 Å². The molecule has 0 aliphatic rings. The normalized spacial score (nSPS) is 10.5. The first-order valence-electron chi connectivity index (χ1n) is 17.7. The molecule has 8 aromatic heterocycles. The first kappa shape index (κ1) is 40.0. The van der Waals surface area contributed by atoms with Gasteiger partial charge in [-0.25, -0.2) is 29.5 Å². The zero-order chi connectivity index (χ0) is 43.2. The van der Waals surface area contributed by atoms with Crippen LogP contribution in [0.4, 0.5) is 23.0 Å². The van der Waals surface area contributed by atoms with Gasteiger partial charge in [-0.3, -0.25) is 0 Å². The van der Waals surface area contributed by atoms with Crippen LogP contribution in [0.5, 0.6) is 23.3 Å². The van der Waals surface area contributed by atoms with Crippen molar-refractivity contribution in [1.82, 2.24) is 59.4 Å². The third-order valence-electron chi connectivity index (χ3n) is 8.54. The van der Waals surface area contributed by atoms with Crippen LogP contribution in [0.25, 0.3) is 22.3 Å². The highest BCUT2D eigenvalue weighted by Crippen LogP contribution is 2.32. The van der Waals surface area contributed by atoms with Gasteiger partial charge in [-0.05, 0) is 61.4 Å². The molecule has 0 saturated heterocycles. The van der Waals surface area contributed by atoms with Crippen LogP contribution in [0.1, 0.15) is 43.5 Å². The number of hydrogen-bond donors (Lipinski definition) is 3. The molecule has 22 nitrogen and oxygen atoms in total. The molecule has 0 aromatic carbocycles. The van der Waals surface area contributed by atoms with Gasteiger partial charge in [-0.2, -0.15) is 20.5 Å². The SMILES string of the molecule is COC(=O)c1ccc(Nc2cc(Oc3cnc(C#N)cc3C)nc3c2ncn3C)nn1.Cc1cc(C#N)ncc1Oc1cc(Nc2ccc(C(=O)O)nn2)c2ncn(C)c2n1. The Labute approximate surface area is 344 Å². The Kier molecular flexibility index (Phi) is 11.2. The average Bonchev–Trinajstić information content (AvgIpc) is 3.84. The Morgan fingerprint density at radius 2 is 1.13 bits per heavy atom. The van der Waals surface area contributed by atoms with Gasteiger partial charge in [0.1, 0.15) is 34.6 Å². The summed E-state index contributed by atoms with van der Waals surface area (Å²) >= 11 is 0. The molecular weight excluding hydrogens is 789 g/mol. The summed E-state index contributed by atoms with van der Waals surface area (Å²) in [6.07, 6.45) is 6.19. The van der Waals surface area contributed by atoms with E-state index in [1.165, 1.54) is 37.7 Å². The number of esters is 1. The van der Waals surface area contributed by atoms with Crippen molar-refractivity contribution >= 4 is 57.3 Å². The number of imidazole rings is 2. The second-order valence-electron chi connectivity index (χ2n) is 12.8. The molecule has 0 bridgehead atoms. The van der Waals surface area contributed by atoms with Crippen molar-refractivity contribution in [3.63, 3.8) is 0 Å². The number of aryl methyl sites for hydroxylation is 4. The van der Waals surface area contributed by atoms with Crippen LogP contribution in [0.2, 0.25) is 0 Å². The number of hydrogen-bond acceptors (Lipinski definition) is 19. The van der Waals surface area contributed by atoms with Crippen LogP contribution in [-0.4, -0.2) is 83.6 Å². The van der Waals surface area contributed by atoms with E-state index in [1.54, 1.807) is 66.1 Å². The maximum atomic E-state index is 11.5. The number of methoxy groups -OCH3 is 1. The summed E-state index contributed by atoms with van der Waals surface area (Å²) in [4.78, 5) is 48.3. The number of nitrogens with one attached hydrogen (secondary N) is 2. The fourth-order valence-corrected chi connectivity index (χ4v) is 5.49. The first-order valence-corrected chi connectivity index (χ1v) is 17.7. The van der Waals surface area contributed by atoms with E-state index in [0.717, 1.165) is 11.1 Å². The maximum absolute atomic E-state index is 11.5. The number of aromatic carboxylic acids is 1. The third-order valence-corrected chi connectivity index (χ3v) is 8.54. The van der Waals surface area contributed by atoms with Crippen molar-refractivity contribution in [2.24, 2.45) is 14.1 Å². The molecule has 0 aliphatic carbocycles. The molecule has 0 unspecified atom stereocenters. The molecule has 0 radical (unpaired) electrons. The molecule has 8 rings (SSSR count). The molecule has 0 spiro atoms. The van der Waals surface area contributed by atoms with Crippen molar-refractivity contribution in [3.05, 3.63) is 107 Å². The van der Waals surface area contributed by atoms with E-state index in [9.17, 15) is 9.59 Å². The number of anilines is 4. The number of rotatable bonds is 10. The van der Waals surface area contributed by atoms with Gasteiger partial charge < -0.3 is 39.1 Å². The van der Waals surface area contributed by atoms with Crippen LogP contribution in [0, 0.1) is 36.5 Å². The monoisotopic (exact) mass is 818 g/mol. The number of aromatic nitrogens is 12. The lowest BCUT2D eigenvalue weighted by atomic mass is 10.2. The molecule has 0 amide bonds. The highest BCUT2D eigenvalue weighted by Gasteiger charge is 2.17. The predicted octanol–water partition coefficient (Wildman–Crippen LogP) is 5.22. The number of carboxylic acid groups (broad SMARTS) is 1. The maximum Gasteiger partial charge on any atom is 0.358 e. The van der Waals surface area contributed by atoms with E-state index in [2.05, 4.69) is 65.7 Å². The number of pyridine rings is 4. The second kappa shape index (κ2) is 17.1. The summed E-state index contributed by atoms with van der Waals surface area (Å²) in [5.74, 6) is 0.504. The zero-order valence-electron chi connectivity index (χ0n) is 32.7. The Morgan fingerprint density at radius 1 is 0.672 bits per heavy atom. The van der Waals surface area contributed by atoms with Crippen molar-refractivity contribution < 1.29 is 28.9 Å². The number of carboxylic acids is 1. The number of fused-ring (bicyclic) bond motifs is 2. The minimum atomic E-state index is -1.16. The smallest absolute Gasteiger partial charge is 0.358 e. The van der Waals surface area contributed by atoms with Gasteiger partial charge in [0.2, 0.25) is 11.8 Å². The van der Waals surface area contributed by atoms with Gasteiger partial charge in [0, 0.05) is 26.2 Å². The Balaban J connectivity index is 0.000000184. The molecule has 0 atom stereocenters. The fraction of sp³-hybridized carbons (Fsp3) is 0.128. The summed E-state index contributed by atoms with van der Waals surface area (Å²) < 4.78 is 19.9. The van der Waals surface area contributed by atoms with Crippen molar-refractivity contribution in [2.75, 3.05) is 17.7 Å². The first-order chi connectivity index (χ1) is 29.4. The summed E-state index contributed by atoms with van der Waals surface area (Å²) in [6.45, 7) is 3.62. The molecule has 22 heteroatoms. The average molecular weight is 819 g/mol. The highest BCUT2D eigenvalue weighted by atomic mass is 16.5. The van der Waals surface area contributed by atoms with E-state index in [-0.39, 0.29) is 17.3 Å². The van der Waals surface area contributed by atoms with Crippen LogP contribution >= 0.6 is 0 Å². The molecule has 8 aromatic rings. The number of nitrogens with zero attached hydrogens (tertiary/aromatic N) is 14. The molecule has 3 N–H and O–H groups in total. The minimum Gasteiger partial charge on any atom is -0.476 e. The summed E-state index contributed by atoms with van der Waals surface area (Å²) in [5.41, 5.74) is 5.46. The molecule has 8 heterocycles.